The van der Waals surface area contributed by atoms with E-state index in [0.717, 1.165) is 23.5 Å². The van der Waals surface area contributed by atoms with Gasteiger partial charge in [-0.2, -0.15) is 5.21 Å². The van der Waals surface area contributed by atoms with Crippen molar-refractivity contribution in [3.05, 3.63) is 77.7 Å². The number of rotatable bonds is 9. The summed E-state index contributed by atoms with van der Waals surface area (Å²) in [5.74, 6) is 0.571. The summed E-state index contributed by atoms with van der Waals surface area (Å²) >= 11 is 0. The molecule has 0 saturated heterocycles. The molecule has 4 rings (SSSR count). The minimum atomic E-state index is -3.98. The Labute approximate surface area is 194 Å². The average molecular weight is 481 g/mol. The highest BCUT2D eigenvalue weighted by Gasteiger charge is 2.19. The first-order chi connectivity index (χ1) is 16.4. The molecule has 0 atom stereocenters. The maximum Gasteiger partial charge on any atom is 0.270 e. The van der Waals surface area contributed by atoms with E-state index < -0.39 is 15.9 Å². The smallest absolute Gasteiger partial charge is 0.270 e. The fraction of sp³-hybridized carbons (Fsp3) is 0.143. The van der Waals surface area contributed by atoms with Crippen LogP contribution in [0.5, 0.6) is 5.75 Å². The number of amides is 1. The molecule has 0 aliphatic rings. The molecule has 0 aliphatic carbocycles. The topological polar surface area (TPSA) is 165 Å². The number of tetrazole rings is 1. The molecule has 0 saturated carbocycles. The zero-order valence-electron chi connectivity index (χ0n) is 18.0. The van der Waals surface area contributed by atoms with Crippen LogP contribution in [0.1, 0.15) is 21.6 Å². The van der Waals surface area contributed by atoms with E-state index >= 15 is 0 Å². The Morgan fingerprint density at radius 1 is 1.03 bits per heavy atom. The molecule has 0 unspecified atom stereocenters. The number of ether oxygens (including phenoxy) is 1. The number of carbonyl (C=O) groups excluding carboxylic acids is 1. The Balaban J connectivity index is 1.39. The summed E-state index contributed by atoms with van der Waals surface area (Å²) in [6.07, 6.45) is 1.04. The number of hydrogen-bond donors (Lipinski definition) is 3. The highest BCUT2D eigenvalue weighted by atomic mass is 32.2. The van der Waals surface area contributed by atoms with E-state index in [4.69, 9.17) is 4.74 Å². The molecule has 4 aromatic rings. The molecule has 0 fully saturated rings. The number of aromatic amines is 1. The summed E-state index contributed by atoms with van der Waals surface area (Å²) in [5.41, 5.74) is 2.20. The molecule has 3 N–H and O–H groups in total. The monoisotopic (exact) mass is 480 g/mol. The number of nitrogens with zero attached hydrogens (tertiary/aromatic N) is 5. The molecule has 34 heavy (non-hydrogen) atoms. The Kier molecular flexibility index (Phi) is 6.85. The van der Waals surface area contributed by atoms with Gasteiger partial charge >= 0.3 is 0 Å². The second-order valence-electron chi connectivity index (χ2n) is 7.03. The van der Waals surface area contributed by atoms with Crippen LogP contribution in [-0.2, 0) is 23.1 Å². The Morgan fingerprint density at radius 2 is 1.85 bits per heavy atom. The molecule has 174 valence electrons. The van der Waals surface area contributed by atoms with E-state index in [9.17, 15) is 13.2 Å². The lowest BCUT2D eigenvalue weighted by atomic mass is 10.1. The summed E-state index contributed by atoms with van der Waals surface area (Å²) in [6.45, 7) is 0.246. The zero-order chi connectivity index (χ0) is 24.0. The standard InChI is InChI=1S/C21H20N8O4S/c1-33-17-4-2-3-15(9-17)11-22-21(30)18-10-19(24-13-23-18)34(31,32)25-12-14-5-7-16(8-6-14)20-26-28-29-27-20/h2-10,13,25H,11-12H2,1H3,(H,22,30)(H,26,27,28,29). The van der Waals surface area contributed by atoms with Crippen LogP contribution in [0.3, 0.4) is 0 Å². The largest absolute Gasteiger partial charge is 0.497 e. The summed E-state index contributed by atoms with van der Waals surface area (Å²) in [6, 6.07) is 15.3. The van der Waals surface area contributed by atoms with Gasteiger partial charge in [0.1, 0.15) is 17.8 Å². The third kappa shape index (κ3) is 5.57. The van der Waals surface area contributed by atoms with Gasteiger partial charge in [0, 0.05) is 24.7 Å². The van der Waals surface area contributed by atoms with Crippen LogP contribution in [0, 0.1) is 0 Å². The zero-order valence-corrected chi connectivity index (χ0v) is 18.8. The van der Waals surface area contributed by atoms with Gasteiger partial charge in [0.15, 0.2) is 5.03 Å². The number of carbonyl (C=O) groups is 1. The van der Waals surface area contributed by atoms with Crippen molar-refractivity contribution >= 4 is 15.9 Å². The predicted molar refractivity (Wildman–Crippen MR) is 120 cm³/mol. The summed E-state index contributed by atoms with van der Waals surface area (Å²) in [5, 5.41) is 16.1. The van der Waals surface area contributed by atoms with Crippen molar-refractivity contribution < 1.29 is 17.9 Å². The summed E-state index contributed by atoms with van der Waals surface area (Å²) in [4.78, 5) is 20.2. The van der Waals surface area contributed by atoms with Gasteiger partial charge in [-0.3, -0.25) is 4.79 Å². The molecular weight excluding hydrogens is 460 g/mol. The normalized spacial score (nSPS) is 11.2. The van der Waals surface area contributed by atoms with Gasteiger partial charge < -0.3 is 10.1 Å². The second-order valence-corrected chi connectivity index (χ2v) is 8.75. The van der Waals surface area contributed by atoms with Crippen LogP contribution in [0.4, 0.5) is 0 Å². The fourth-order valence-electron chi connectivity index (χ4n) is 2.97. The van der Waals surface area contributed by atoms with Crippen LogP contribution >= 0.6 is 0 Å². The first-order valence-electron chi connectivity index (χ1n) is 10.0. The van der Waals surface area contributed by atoms with E-state index in [1.165, 1.54) is 0 Å². The molecular formula is C21H20N8O4S. The maximum atomic E-state index is 12.7. The first-order valence-corrected chi connectivity index (χ1v) is 11.5. The minimum absolute atomic E-state index is 0.0240. The second kappa shape index (κ2) is 10.1. The minimum Gasteiger partial charge on any atom is -0.497 e. The van der Waals surface area contributed by atoms with Gasteiger partial charge in [-0.1, -0.05) is 36.4 Å². The molecule has 2 aromatic carbocycles. The number of aromatic nitrogens is 6. The number of benzene rings is 2. The van der Waals surface area contributed by atoms with Crippen LogP contribution in [0.25, 0.3) is 11.4 Å². The van der Waals surface area contributed by atoms with Crippen molar-refractivity contribution in [3.8, 4) is 17.1 Å². The SMILES string of the molecule is COc1cccc(CNC(=O)c2cc(S(=O)(=O)NCc3ccc(-c4nn[nH]n4)cc3)ncn2)c1. The van der Waals surface area contributed by atoms with Gasteiger partial charge in [-0.05, 0) is 28.5 Å². The molecule has 0 spiro atoms. The molecule has 2 heterocycles. The summed E-state index contributed by atoms with van der Waals surface area (Å²) in [7, 11) is -2.43. The van der Waals surface area contributed by atoms with E-state index in [2.05, 4.69) is 40.6 Å². The van der Waals surface area contributed by atoms with E-state index in [1.54, 1.807) is 49.6 Å². The molecule has 0 bridgehead atoms. The number of nitrogens with one attached hydrogen (secondary N) is 3. The van der Waals surface area contributed by atoms with Crippen molar-refractivity contribution in [1.29, 1.82) is 0 Å². The van der Waals surface area contributed by atoms with Crippen molar-refractivity contribution in [2.24, 2.45) is 0 Å². The lowest BCUT2D eigenvalue weighted by molar-refractivity contribution is 0.0945. The molecule has 1 amide bonds. The van der Waals surface area contributed by atoms with Crippen molar-refractivity contribution in [2.75, 3.05) is 7.11 Å². The Hall–Kier alpha value is -4.23. The molecule has 2 aromatic heterocycles. The van der Waals surface area contributed by atoms with Gasteiger partial charge in [0.2, 0.25) is 5.82 Å². The van der Waals surface area contributed by atoms with Crippen molar-refractivity contribution in [3.63, 3.8) is 0 Å². The van der Waals surface area contributed by atoms with Crippen LogP contribution < -0.4 is 14.8 Å². The molecule has 0 aliphatic heterocycles. The van der Waals surface area contributed by atoms with Crippen molar-refractivity contribution in [1.82, 2.24) is 40.6 Å². The van der Waals surface area contributed by atoms with Crippen LogP contribution in [-0.4, -0.2) is 52.0 Å². The molecule has 0 radical (unpaired) electrons. The van der Waals surface area contributed by atoms with Gasteiger partial charge in [0.05, 0.1) is 7.11 Å². The molecule has 13 heteroatoms. The summed E-state index contributed by atoms with van der Waals surface area (Å²) < 4.78 is 33.0. The van der Waals surface area contributed by atoms with Gasteiger partial charge in [-0.15, -0.1) is 10.2 Å². The van der Waals surface area contributed by atoms with Crippen molar-refractivity contribution in [2.45, 2.75) is 18.1 Å². The third-order valence-corrected chi connectivity index (χ3v) is 6.06. The third-order valence-electron chi connectivity index (χ3n) is 4.76. The Morgan fingerprint density at radius 3 is 2.59 bits per heavy atom. The number of methoxy groups -OCH3 is 1. The maximum absolute atomic E-state index is 12.7. The van der Waals surface area contributed by atoms with Gasteiger partial charge in [-0.25, -0.2) is 23.1 Å². The number of sulfonamides is 1. The van der Waals surface area contributed by atoms with Crippen LogP contribution in [0.15, 0.2) is 66.0 Å². The van der Waals surface area contributed by atoms with Crippen LogP contribution in [0.2, 0.25) is 0 Å². The lowest BCUT2D eigenvalue weighted by Gasteiger charge is -2.09. The van der Waals surface area contributed by atoms with E-state index in [0.29, 0.717) is 17.1 Å². The average Bonchev–Trinajstić information content (AvgIpc) is 3.42. The van der Waals surface area contributed by atoms with Gasteiger partial charge in [0.25, 0.3) is 15.9 Å². The number of H-pyrrole nitrogens is 1. The first kappa shape index (κ1) is 22.9. The van der Waals surface area contributed by atoms with E-state index in [-0.39, 0.29) is 23.8 Å². The predicted octanol–water partition coefficient (Wildman–Crippen LogP) is 1.07. The lowest BCUT2D eigenvalue weighted by Crippen LogP contribution is -2.27. The highest BCUT2D eigenvalue weighted by Crippen LogP contribution is 2.15. The molecule has 12 nitrogen and oxygen atoms in total. The fourth-order valence-corrected chi connectivity index (χ4v) is 3.93. The highest BCUT2D eigenvalue weighted by molar-refractivity contribution is 7.89. The Bertz CT molecular complexity index is 1380. The number of hydrogen-bond acceptors (Lipinski definition) is 9. The quantitative estimate of drug-likeness (QED) is 0.297. The van der Waals surface area contributed by atoms with E-state index in [1.807, 2.05) is 6.07 Å².